The number of nitrogens with zero attached hydrogens (tertiary/aromatic N) is 1. The monoisotopic (exact) mass is 352 g/mol. The van der Waals surface area contributed by atoms with Crippen molar-refractivity contribution in [2.24, 2.45) is 0 Å². The van der Waals surface area contributed by atoms with Crippen LogP contribution in [0.3, 0.4) is 0 Å². The Kier molecular flexibility index (Phi) is 4.98. The average molecular weight is 352 g/mol. The Morgan fingerprint density at radius 2 is 2.00 bits per heavy atom. The molecule has 26 heavy (non-hydrogen) atoms. The molecule has 2 heterocycles. The number of aromatic amines is 1. The van der Waals surface area contributed by atoms with Crippen LogP contribution < -0.4 is 4.74 Å². The number of carbonyl (C=O) groups is 1. The molecular weight excluding hydrogens is 328 g/mol. The topological polar surface area (TPSA) is 64.2 Å². The predicted molar refractivity (Wildman–Crippen MR) is 102 cm³/mol. The molecule has 0 amide bonds. The van der Waals surface area contributed by atoms with Crippen LogP contribution in [0.25, 0.3) is 22.2 Å². The Labute approximate surface area is 153 Å². The fourth-order valence-electron chi connectivity index (χ4n) is 2.73. The molecule has 5 heteroatoms. The molecule has 0 aliphatic rings. The lowest BCUT2D eigenvalue weighted by molar-refractivity contribution is -0.145. The van der Waals surface area contributed by atoms with Crippen molar-refractivity contribution in [3.8, 4) is 17.1 Å². The van der Waals surface area contributed by atoms with Gasteiger partial charge in [0.15, 0.2) is 6.61 Å². The number of hydrogen-bond acceptors (Lipinski definition) is 4. The molecule has 0 saturated carbocycles. The van der Waals surface area contributed by atoms with Gasteiger partial charge in [-0.3, -0.25) is 0 Å². The van der Waals surface area contributed by atoms with E-state index in [4.69, 9.17) is 9.47 Å². The maximum absolute atomic E-state index is 11.4. The molecule has 2 aromatic heterocycles. The van der Waals surface area contributed by atoms with Crippen molar-refractivity contribution in [2.45, 2.75) is 33.1 Å². The van der Waals surface area contributed by atoms with Crippen molar-refractivity contribution in [1.29, 1.82) is 0 Å². The van der Waals surface area contributed by atoms with Crippen molar-refractivity contribution in [3.05, 3.63) is 48.2 Å². The molecule has 3 rings (SSSR count). The fraction of sp³-hybridized carbons (Fsp3) is 0.333. The summed E-state index contributed by atoms with van der Waals surface area (Å²) in [5, 5.41) is 0.982. The summed E-state index contributed by atoms with van der Waals surface area (Å²) in [4.78, 5) is 19.0. The molecule has 3 aromatic rings. The third kappa shape index (κ3) is 4.04. The third-order valence-corrected chi connectivity index (χ3v) is 4.16. The number of pyridine rings is 1. The number of fused-ring (bicyclic) bond motifs is 1. The Hall–Kier alpha value is -2.82. The van der Waals surface area contributed by atoms with Crippen molar-refractivity contribution in [2.75, 3.05) is 13.2 Å². The molecule has 1 aromatic carbocycles. The van der Waals surface area contributed by atoms with Crippen LogP contribution in [0.5, 0.6) is 5.88 Å². The number of esters is 1. The van der Waals surface area contributed by atoms with Crippen LogP contribution in [0, 0.1) is 0 Å². The smallest absolute Gasteiger partial charge is 0.344 e. The summed E-state index contributed by atoms with van der Waals surface area (Å²) in [6, 6.07) is 12.4. The minimum Gasteiger partial charge on any atom is -0.466 e. The lowest BCUT2D eigenvalue weighted by atomic mass is 9.86. The van der Waals surface area contributed by atoms with Crippen LogP contribution in [-0.2, 0) is 14.9 Å². The SMILES string of the molecule is CCOC(=O)COc1cc2cc(-c3cccc(C(C)(C)C)c3)[nH]c2cn1. The molecule has 136 valence electrons. The first kappa shape index (κ1) is 18.0. The second-order valence-electron chi connectivity index (χ2n) is 7.22. The molecule has 0 bridgehead atoms. The molecule has 5 nitrogen and oxygen atoms in total. The van der Waals surface area contributed by atoms with Gasteiger partial charge in [-0.25, -0.2) is 9.78 Å². The molecular formula is C21H24N2O3. The number of H-pyrrole nitrogens is 1. The van der Waals surface area contributed by atoms with Crippen LogP contribution in [0.2, 0.25) is 0 Å². The van der Waals surface area contributed by atoms with Crippen LogP contribution in [-0.4, -0.2) is 29.2 Å². The predicted octanol–water partition coefficient (Wildman–Crippen LogP) is 4.47. The highest BCUT2D eigenvalue weighted by atomic mass is 16.6. The van der Waals surface area contributed by atoms with Crippen LogP contribution in [0.15, 0.2) is 42.6 Å². The van der Waals surface area contributed by atoms with E-state index in [0.717, 1.165) is 22.2 Å². The first-order chi connectivity index (χ1) is 12.4. The molecule has 1 N–H and O–H groups in total. The number of aromatic nitrogens is 2. The van der Waals surface area contributed by atoms with Gasteiger partial charge >= 0.3 is 5.97 Å². The van der Waals surface area contributed by atoms with Gasteiger partial charge in [-0.1, -0.05) is 39.0 Å². The van der Waals surface area contributed by atoms with E-state index in [1.165, 1.54) is 5.56 Å². The maximum Gasteiger partial charge on any atom is 0.344 e. The summed E-state index contributed by atoms with van der Waals surface area (Å²) in [7, 11) is 0. The number of nitrogens with one attached hydrogen (secondary N) is 1. The average Bonchev–Trinajstić information content (AvgIpc) is 3.03. The van der Waals surface area contributed by atoms with Gasteiger partial charge in [-0.05, 0) is 35.6 Å². The highest BCUT2D eigenvalue weighted by Gasteiger charge is 2.15. The van der Waals surface area contributed by atoms with E-state index in [1.807, 2.05) is 6.07 Å². The van der Waals surface area contributed by atoms with E-state index < -0.39 is 5.97 Å². The van der Waals surface area contributed by atoms with Crippen LogP contribution >= 0.6 is 0 Å². The zero-order valence-electron chi connectivity index (χ0n) is 15.6. The Morgan fingerprint density at radius 1 is 1.19 bits per heavy atom. The van der Waals surface area contributed by atoms with Crippen molar-refractivity contribution in [1.82, 2.24) is 9.97 Å². The van der Waals surface area contributed by atoms with Crippen LogP contribution in [0.1, 0.15) is 33.3 Å². The van der Waals surface area contributed by atoms with Crippen molar-refractivity contribution in [3.63, 3.8) is 0 Å². The highest BCUT2D eigenvalue weighted by Crippen LogP contribution is 2.29. The van der Waals surface area contributed by atoms with Gasteiger partial charge in [-0.2, -0.15) is 0 Å². The van der Waals surface area contributed by atoms with E-state index in [2.05, 4.69) is 61.1 Å². The van der Waals surface area contributed by atoms with E-state index in [-0.39, 0.29) is 12.0 Å². The van der Waals surface area contributed by atoms with E-state index >= 15 is 0 Å². The fourth-order valence-corrected chi connectivity index (χ4v) is 2.73. The number of benzene rings is 1. The van der Waals surface area contributed by atoms with Crippen molar-refractivity contribution >= 4 is 16.9 Å². The normalized spacial score (nSPS) is 11.5. The van der Waals surface area contributed by atoms with E-state index in [1.54, 1.807) is 13.1 Å². The van der Waals surface area contributed by atoms with E-state index in [9.17, 15) is 4.79 Å². The Balaban J connectivity index is 1.85. The zero-order chi connectivity index (χ0) is 18.7. The molecule has 0 aliphatic heterocycles. The van der Waals surface area contributed by atoms with E-state index in [0.29, 0.717) is 12.5 Å². The number of carbonyl (C=O) groups excluding carboxylic acids is 1. The van der Waals surface area contributed by atoms with Crippen molar-refractivity contribution < 1.29 is 14.3 Å². The van der Waals surface area contributed by atoms with Gasteiger partial charge in [0, 0.05) is 17.1 Å². The second kappa shape index (κ2) is 7.20. The van der Waals surface area contributed by atoms with Crippen LogP contribution in [0.4, 0.5) is 0 Å². The minimum atomic E-state index is -0.400. The van der Waals surface area contributed by atoms with Gasteiger partial charge in [-0.15, -0.1) is 0 Å². The van der Waals surface area contributed by atoms with Gasteiger partial charge in [0.25, 0.3) is 0 Å². The van der Waals surface area contributed by atoms with Gasteiger partial charge in [0.2, 0.25) is 5.88 Å². The molecule has 0 radical (unpaired) electrons. The summed E-state index contributed by atoms with van der Waals surface area (Å²) in [6.45, 7) is 8.57. The van der Waals surface area contributed by atoms with Gasteiger partial charge < -0.3 is 14.5 Å². The van der Waals surface area contributed by atoms with Gasteiger partial charge in [0.1, 0.15) is 0 Å². The standard InChI is InChI=1S/C21H24N2O3/c1-5-25-20(24)13-26-19-11-15-10-17(23-18(15)12-22-19)14-7-6-8-16(9-14)21(2,3)4/h6-12,23H,5,13H2,1-4H3. The quantitative estimate of drug-likeness (QED) is 0.688. The summed E-state index contributed by atoms with van der Waals surface area (Å²) in [5.74, 6) is 0.00250. The number of ether oxygens (including phenoxy) is 2. The summed E-state index contributed by atoms with van der Waals surface area (Å²) in [5.41, 5.74) is 4.45. The summed E-state index contributed by atoms with van der Waals surface area (Å²) >= 11 is 0. The Morgan fingerprint density at radius 3 is 2.73 bits per heavy atom. The lowest BCUT2D eigenvalue weighted by Gasteiger charge is -2.19. The molecule has 0 atom stereocenters. The largest absolute Gasteiger partial charge is 0.466 e. The molecule has 0 aliphatic carbocycles. The summed E-state index contributed by atoms with van der Waals surface area (Å²) < 4.78 is 10.3. The Bertz CT molecular complexity index is 922. The lowest BCUT2D eigenvalue weighted by Crippen LogP contribution is -2.14. The third-order valence-electron chi connectivity index (χ3n) is 4.16. The second-order valence-corrected chi connectivity index (χ2v) is 7.22. The minimum absolute atomic E-state index is 0.0949. The first-order valence-electron chi connectivity index (χ1n) is 8.75. The number of hydrogen-bond donors (Lipinski definition) is 1. The molecule has 0 fully saturated rings. The zero-order valence-corrected chi connectivity index (χ0v) is 15.6. The molecule has 0 saturated heterocycles. The molecule has 0 unspecified atom stereocenters. The van der Waals surface area contributed by atoms with Gasteiger partial charge in [0.05, 0.1) is 18.3 Å². The first-order valence-corrected chi connectivity index (χ1v) is 8.75. The summed E-state index contributed by atoms with van der Waals surface area (Å²) in [6.07, 6.45) is 1.72. The number of rotatable bonds is 5. The highest BCUT2D eigenvalue weighted by molar-refractivity contribution is 5.86. The maximum atomic E-state index is 11.4. The molecule has 0 spiro atoms.